The third-order valence-electron chi connectivity index (χ3n) is 2.15. The van der Waals surface area contributed by atoms with Crippen LogP contribution >= 0.6 is 0 Å². The minimum absolute atomic E-state index is 0.0144. The van der Waals surface area contributed by atoms with Crippen molar-refractivity contribution in [2.24, 2.45) is 0 Å². The van der Waals surface area contributed by atoms with E-state index in [1.807, 2.05) is 20.8 Å². The fourth-order valence-electron chi connectivity index (χ4n) is 1.22. The van der Waals surface area contributed by atoms with Gasteiger partial charge in [-0.1, -0.05) is 0 Å². The van der Waals surface area contributed by atoms with Crippen LogP contribution in [-0.2, 0) is 0 Å². The quantitative estimate of drug-likeness (QED) is 0.729. The van der Waals surface area contributed by atoms with Gasteiger partial charge in [-0.3, -0.25) is 0 Å². The zero-order valence-electron chi connectivity index (χ0n) is 10.6. The van der Waals surface area contributed by atoms with Gasteiger partial charge in [-0.25, -0.2) is 0 Å². The first-order valence-corrected chi connectivity index (χ1v) is 5.72. The van der Waals surface area contributed by atoms with Crippen LogP contribution in [0.3, 0.4) is 0 Å². The predicted octanol–water partition coefficient (Wildman–Crippen LogP) is 1.52. The molecule has 0 radical (unpaired) electrons. The maximum atomic E-state index is 9.69. The smallest absolute Gasteiger partial charge is 0.119 e. The second kappa shape index (κ2) is 5.89. The summed E-state index contributed by atoms with van der Waals surface area (Å²) < 4.78 is 5.39. The van der Waals surface area contributed by atoms with Crippen molar-refractivity contribution < 1.29 is 14.9 Å². The van der Waals surface area contributed by atoms with Crippen molar-refractivity contribution in [3.8, 4) is 11.5 Å². The molecule has 0 heterocycles. The Labute approximate surface area is 102 Å². The third-order valence-corrected chi connectivity index (χ3v) is 2.15. The largest absolute Gasteiger partial charge is 0.508 e. The van der Waals surface area contributed by atoms with Crippen molar-refractivity contribution in [3.63, 3.8) is 0 Å². The Kier molecular flexibility index (Phi) is 4.78. The van der Waals surface area contributed by atoms with Crippen molar-refractivity contribution in [1.29, 1.82) is 0 Å². The molecule has 0 saturated carbocycles. The Morgan fingerprint density at radius 2 is 1.82 bits per heavy atom. The topological polar surface area (TPSA) is 61.7 Å². The molecule has 0 bridgehead atoms. The van der Waals surface area contributed by atoms with Crippen LogP contribution in [-0.4, -0.2) is 35.0 Å². The summed E-state index contributed by atoms with van der Waals surface area (Å²) in [5, 5.41) is 22.0. The van der Waals surface area contributed by atoms with E-state index in [1.165, 1.54) is 0 Å². The van der Waals surface area contributed by atoms with Crippen LogP contribution in [0, 0.1) is 0 Å². The number of hydrogen-bond donors (Lipinski definition) is 3. The minimum Gasteiger partial charge on any atom is -0.508 e. The van der Waals surface area contributed by atoms with E-state index >= 15 is 0 Å². The summed E-state index contributed by atoms with van der Waals surface area (Å²) in [6, 6.07) is 6.43. The molecule has 17 heavy (non-hydrogen) atoms. The maximum Gasteiger partial charge on any atom is 0.119 e. The second-order valence-corrected chi connectivity index (χ2v) is 5.09. The summed E-state index contributed by atoms with van der Waals surface area (Å²) in [6.07, 6.45) is -0.553. The minimum atomic E-state index is -0.553. The van der Waals surface area contributed by atoms with E-state index in [1.54, 1.807) is 24.3 Å². The van der Waals surface area contributed by atoms with Crippen LogP contribution < -0.4 is 10.1 Å². The van der Waals surface area contributed by atoms with Crippen LogP contribution in [0.1, 0.15) is 20.8 Å². The first-order valence-electron chi connectivity index (χ1n) is 5.72. The van der Waals surface area contributed by atoms with Gasteiger partial charge in [0.25, 0.3) is 0 Å². The summed E-state index contributed by atoms with van der Waals surface area (Å²) in [6.45, 7) is 6.84. The highest BCUT2D eigenvalue weighted by molar-refractivity contribution is 5.30. The average molecular weight is 239 g/mol. The van der Waals surface area contributed by atoms with Gasteiger partial charge in [0.15, 0.2) is 0 Å². The van der Waals surface area contributed by atoms with Crippen LogP contribution in [0.5, 0.6) is 11.5 Å². The molecule has 0 unspecified atom stereocenters. The summed E-state index contributed by atoms with van der Waals surface area (Å²) in [7, 11) is 0. The molecule has 3 N–H and O–H groups in total. The first-order chi connectivity index (χ1) is 7.87. The Bertz CT molecular complexity index is 330. The number of phenolic OH excluding ortho intramolecular Hbond substituents is 1. The van der Waals surface area contributed by atoms with Gasteiger partial charge in [-0.2, -0.15) is 0 Å². The first kappa shape index (κ1) is 13.8. The van der Waals surface area contributed by atoms with Crippen molar-refractivity contribution in [1.82, 2.24) is 5.32 Å². The summed E-state index contributed by atoms with van der Waals surface area (Å²) in [4.78, 5) is 0. The summed E-state index contributed by atoms with van der Waals surface area (Å²) in [5.74, 6) is 0.838. The molecule has 1 rings (SSSR count). The molecular weight excluding hydrogens is 218 g/mol. The Hall–Kier alpha value is -1.26. The Balaban J connectivity index is 2.28. The van der Waals surface area contributed by atoms with E-state index in [4.69, 9.17) is 9.84 Å². The molecule has 0 aromatic heterocycles. The number of rotatable bonds is 5. The highest BCUT2D eigenvalue weighted by atomic mass is 16.5. The summed E-state index contributed by atoms with van der Waals surface area (Å²) >= 11 is 0. The van der Waals surface area contributed by atoms with E-state index in [2.05, 4.69) is 5.32 Å². The number of β-amino-alcohol motifs (C(OH)–C–C–N with tert-alkyl or cyclic N) is 1. The molecule has 1 atom stereocenters. The molecule has 1 aromatic carbocycles. The highest BCUT2D eigenvalue weighted by Gasteiger charge is 2.12. The zero-order chi connectivity index (χ0) is 12.9. The SMILES string of the molecule is CC(C)(C)NC[C@H](O)COc1ccc(O)cc1. The fourth-order valence-corrected chi connectivity index (χ4v) is 1.22. The zero-order valence-corrected chi connectivity index (χ0v) is 10.6. The van der Waals surface area contributed by atoms with Gasteiger partial charge in [0.05, 0.1) is 0 Å². The standard InChI is InChI=1S/C13H21NO3/c1-13(2,3)14-8-11(16)9-17-12-6-4-10(15)5-7-12/h4-7,11,14-16H,8-9H2,1-3H3/t11-/m0/s1. The highest BCUT2D eigenvalue weighted by Crippen LogP contribution is 2.15. The van der Waals surface area contributed by atoms with Crippen LogP contribution in [0.4, 0.5) is 0 Å². The van der Waals surface area contributed by atoms with Crippen LogP contribution in [0.15, 0.2) is 24.3 Å². The molecule has 0 aliphatic heterocycles. The van der Waals surface area contributed by atoms with E-state index in [-0.39, 0.29) is 17.9 Å². The number of hydrogen-bond acceptors (Lipinski definition) is 4. The molecular formula is C13H21NO3. The number of ether oxygens (including phenoxy) is 1. The van der Waals surface area contributed by atoms with Crippen molar-refractivity contribution >= 4 is 0 Å². The lowest BCUT2D eigenvalue weighted by Gasteiger charge is -2.22. The number of benzene rings is 1. The van der Waals surface area contributed by atoms with Gasteiger partial charge < -0.3 is 20.3 Å². The van der Waals surface area contributed by atoms with Gasteiger partial charge in [0, 0.05) is 12.1 Å². The predicted molar refractivity (Wildman–Crippen MR) is 67.4 cm³/mol. The van der Waals surface area contributed by atoms with Crippen LogP contribution in [0.2, 0.25) is 0 Å². The van der Waals surface area contributed by atoms with Gasteiger partial charge in [0.1, 0.15) is 24.2 Å². The number of aromatic hydroxyl groups is 1. The van der Waals surface area contributed by atoms with Crippen LogP contribution in [0.25, 0.3) is 0 Å². The molecule has 96 valence electrons. The lowest BCUT2D eigenvalue weighted by Crippen LogP contribution is -2.42. The Morgan fingerprint density at radius 3 is 2.35 bits per heavy atom. The monoisotopic (exact) mass is 239 g/mol. The molecule has 4 heteroatoms. The number of nitrogens with one attached hydrogen (secondary N) is 1. The molecule has 0 spiro atoms. The van der Waals surface area contributed by atoms with Gasteiger partial charge in [-0.15, -0.1) is 0 Å². The summed E-state index contributed by atoms with van der Waals surface area (Å²) in [5.41, 5.74) is -0.0144. The van der Waals surface area contributed by atoms with Crippen molar-refractivity contribution in [2.75, 3.05) is 13.2 Å². The van der Waals surface area contributed by atoms with E-state index in [0.29, 0.717) is 12.3 Å². The average Bonchev–Trinajstić information content (AvgIpc) is 2.25. The van der Waals surface area contributed by atoms with E-state index < -0.39 is 6.10 Å². The molecule has 0 amide bonds. The lowest BCUT2D eigenvalue weighted by molar-refractivity contribution is 0.100. The number of aliphatic hydroxyl groups is 1. The molecule has 4 nitrogen and oxygen atoms in total. The number of phenols is 1. The molecule has 0 saturated heterocycles. The van der Waals surface area contributed by atoms with Gasteiger partial charge in [0.2, 0.25) is 0 Å². The Morgan fingerprint density at radius 1 is 1.24 bits per heavy atom. The van der Waals surface area contributed by atoms with Crippen molar-refractivity contribution in [3.05, 3.63) is 24.3 Å². The second-order valence-electron chi connectivity index (χ2n) is 5.09. The van der Waals surface area contributed by atoms with Crippen molar-refractivity contribution in [2.45, 2.75) is 32.4 Å². The molecule has 0 aliphatic rings. The maximum absolute atomic E-state index is 9.69. The lowest BCUT2D eigenvalue weighted by atomic mass is 10.1. The number of aliphatic hydroxyl groups excluding tert-OH is 1. The van der Waals surface area contributed by atoms with Gasteiger partial charge in [-0.05, 0) is 45.0 Å². The molecule has 0 aliphatic carbocycles. The normalized spacial score (nSPS) is 13.4. The molecule has 1 aromatic rings. The third kappa shape index (κ3) is 6.14. The van der Waals surface area contributed by atoms with Gasteiger partial charge >= 0.3 is 0 Å². The fraction of sp³-hybridized carbons (Fsp3) is 0.538. The van der Waals surface area contributed by atoms with E-state index in [0.717, 1.165) is 0 Å². The van der Waals surface area contributed by atoms with E-state index in [9.17, 15) is 5.11 Å². The molecule has 0 fully saturated rings.